The highest BCUT2D eigenvalue weighted by Crippen LogP contribution is 2.31. The monoisotopic (exact) mass is 288 g/mol. The molecule has 0 aliphatic carbocycles. The van der Waals surface area contributed by atoms with Crippen LogP contribution in [0, 0.1) is 0 Å². The average molecular weight is 288 g/mol. The maximum atomic E-state index is 11.7. The third kappa shape index (κ3) is 3.62. The first-order chi connectivity index (χ1) is 10.2. The van der Waals surface area contributed by atoms with E-state index in [1.54, 1.807) is 0 Å². The van der Waals surface area contributed by atoms with Crippen LogP contribution >= 0.6 is 0 Å². The van der Waals surface area contributed by atoms with Crippen LogP contribution in [0.4, 0.5) is 0 Å². The Labute approximate surface area is 124 Å². The number of aromatic nitrogens is 2. The number of hydrogen-bond acceptors (Lipinski definition) is 4. The van der Waals surface area contributed by atoms with Crippen LogP contribution in [0.1, 0.15) is 26.6 Å². The van der Waals surface area contributed by atoms with E-state index in [2.05, 4.69) is 9.97 Å². The minimum Gasteiger partial charge on any atom is -0.490 e. The van der Waals surface area contributed by atoms with E-state index in [0.717, 1.165) is 5.56 Å². The van der Waals surface area contributed by atoms with Crippen molar-refractivity contribution in [3.8, 4) is 22.8 Å². The van der Waals surface area contributed by atoms with Crippen molar-refractivity contribution < 1.29 is 9.47 Å². The van der Waals surface area contributed by atoms with Crippen LogP contribution < -0.4 is 15.0 Å². The molecule has 0 unspecified atom stereocenters. The molecule has 5 nitrogen and oxygen atoms in total. The molecule has 0 radical (unpaired) electrons. The molecule has 0 spiro atoms. The largest absolute Gasteiger partial charge is 0.490 e. The third-order valence-electron chi connectivity index (χ3n) is 2.96. The van der Waals surface area contributed by atoms with E-state index in [9.17, 15) is 4.79 Å². The summed E-state index contributed by atoms with van der Waals surface area (Å²) in [4.78, 5) is 18.8. The normalized spacial score (nSPS) is 10.4. The number of rotatable bonds is 6. The SMILES string of the molecule is CCOc1ccc(-c2cc(=O)[nH]c(CC)n2)cc1OCC. The number of nitrogens with one attached hydrogen (secondary N) is 1. The molecular weight excluding hydrogens is 268 g/mol. The van der Waals surface area contributed by atoms with Crippen LogP contribution in [0.3, 0.4) is 0 Å². The van der Waals surface area contributed by atoms with Crippen LogP contribution in [0.5, 0.6) is 11.5 Å². The lowest BCUT2D eigenvalue weighted by molar-refractivity contribution is 0.288. The van der Waals surface area contributed by atoms with Gasteiger partial charge in [0, 0.05) is 18.1 Å². The summed E-state index contributed by atoms with van der Waals surface area (Å²) in [6.07, 6.45) is 0.679. The fourth-order valence-corrected chi connectivity index (χ4v) is 2.03. The van der Waals surface area contributed by atoms with Crippen molar-refractivity contribution in [1.82, 2.24) is 9.97 Å². The Balaban J connectivity index is 2.46. The number of H-pyrrole nitrogens is 1. The number of aryl methyl sites for hydroxylation is 1. The molecule has 0 aliphatic heterocycles. The van der Waals surface area contributed by atoms with Crippen LogP contribution in [-0.4, -0.2) is 23.2 Å². The van der Waals surface area contributed by atoms with Gasteiger partial charge in [0.15, 0.2) is 11.5 Å². The lowest BCUT2D eigenvalue weighted by Gasteiger charge is -2.12. The van der Waals surface area contributed by atoms with Gasteiger partial charge in [0.2, 0.25) is 0 Å². The first-order valence-electron chi connectivity index (χ1n) is 7.18. The summed E-state index contributed by atoms with van der Waals surface area (Å²) >= 11 is 0. The van der Waals surface area contributed by atoms with Gasteiger partial charge in [0.25, 0.3) is 5.56 Å². The number of aromatic amines is 1. The van der Waals surface area contributed by atoms with Gasteiger partial charge < -0.3 is 14.5 Å². The predicted octanol–water partition coefficient (Wildman–Crippen LogP) is 2.80. The lowest BCUT2D eigenvalue weighted by atomic mass is 10.1. The summed E-state index contributed by atoms with van der Waals surface area (Å²) in [7, 11) is 0. The molecule has 1 aromatic carbocycles. The molecule has 5 heteroatoms. The lowest BCUT2D eigenvalue weighted by Crippen LogP contribution is -2.10. The molecule has 2 aromatic rings. The molecule has 0 saturated carbocycles. The summed E-state index contributed by atoms with van der Waals surface area (Å²) < 4.78 is 11.1. The maximum Gasteiger partial charge on any atom is 0.251 e. The molecule has 0 amide bonds. The molecular formula is C16H20N2O3. The van der Waals surface area contributed by atoms with Crippen LogP contribution in [0.25, 0.3) is 11.3 Å². The number of nitrogens with zero attached hydrogens (tertiary/aromatic N) is 1. The Morgan fingerprint density at radius 2 is 1.76 bits per heavy atom. The second-order valence-electron chi connectivity index (χ2n) is 4.46. The molecule has 0 bridgehead atoms. The Morgan fingerprint density at radius 3 is 2.43 bits per heavy atom. The number of ether oxygens (including phenoxy) is 2. The molecule has 21 heavy (non-hydrogen) atoms. The summed E-state index contributed by atoms with van der Waals surface area (Å²) in [5, 5.41) is 0. The van der Waals surface area contributed by atoms with Gasteiger partial charge >= 0.3 is 0 Å². The van der Waals surface area contributed by atoms with Crippen LogP contribution in [-0.2, 0) is 6.42 Å². The van der Waals surface area contributed by atoms with Crippen molar-refractivity contribution in [3.05, 3.63) is 40.4 Å². The van der Waals surface area contributed by atoms with Crippen molar-refractivity contribution >= 4 is 0 Å². The molecule has 1 aromatic heterocycles. The molecule has 1 N–H and O–H groups in total. The van der Waals surface area contributed by atoms with Gasteiger partial charge in [-0.3, -0.25) is 4.79 Å². The number of hydrogen-bond donors (Lipinski definition) is 1. The maximum absolute atomic E-state index is 11.7. The zero-order valence-corrected chi connectivity index (χ0v) is 12.6. The van der Waals surface area contributed by atoms with E-state index < -0.39 is 0 Å². The predicted molar refractivity (Wildman–Crippen MR) is 82.0 cm³/mol. The zero-order valence-electron chi connectivity index (χ0n) is 12.6. The average Bonchev–Trinajstić information content (AvgIpc) is 2.48. The van der Waals surface area contributed by atoms with Gasteiger partial charge in [-0.05, 0) is 32.0 Å². The fraction of sp³-hybridized carbons (Fsp3) is 0.375. The molecule has 0 saturated heterocycles. The Morgan fingerprint density at radius 1 is 1.05 bits per heavy atom. The highest BCUT2D eigenvalue weighted by Gasteiger charge is 2.09. The Bertz CT molecular complexity index is 665. The van der Waals surface area contributed by atoms with E-state index in [1.165, 1.54) is 6.07 Å². The van der Waals surface area contributed by atoms with E-state index in [1.807, 2.05) is 39.0 Å². The first kappa shape index (κ1) is 15.1. The topological polar surface area (TPSA) is 64.2 Å². The Hall–Kier alpha value is -2.30. The van der Waals surface area contributed by atoms with E-state index in [0.29, 0.717) is 42.7 Å². The third-order valence-corrected chi connectivity index (χ3v) is 2.96. The van der Waals surface area contributed by atoms with Crippen molar-refractivity contribution in [3.63, 3.8) is 0 Å². The van der Waals surface area contributed by atoms with E-state index in [4.69, 9.17) is 9.47 Å². The van der Waals surface area contributed by atoms with Crippen molar-refractivity contribution in [2.45, 2.75) is 27.2 Å². The van der Waals surface area contributed by atoms with E-state index in [-0.39, 0.29) is 5.56 Å². The van der Waals surface area contributed by atoms with Gasteiger partial charge in [-0.2, -0.15) is 0 Å². The summed E-state index contributed by atoms with van der Waals surface area (Å²) in [6.45, 7) is 6.92. The first-order valence-corrected chi connectivity index (χ1v) is 7.18. The van der Waals surface area contributed by atoms with Crippen molar-refractivity contribution in [2.24, 2.45) is 0 Å². The molecule has 0 aliphatic rings. The highest BCUT2D eigenvalue weighted by atomic mass is 16.5. The molecule has 0 fully saturated rings. The summed E-state index contributed by atoms with van der Waals surface area (Å²) in [5.74, 6) is 2.03. The zero-order chi connectivity index (χ0) is 15.2. The fourth-order valence-electron chi connectivity index (χ4n) is 2.03. The van der Waals surface area contributed by atoms with Gasteiger partial charge in [0.05, 0.1) is 18.9 Å². The van der Waals surface area contributed by atoms with Crippen LogP contribution in [0.2, 0.25) is 0 Å². The van der Waals surface area contributed by atoms with E-state index >= 15 is 0 Å². The smallest absolute Gasteiger partial charge is 0.251 e. The summed E-state index contributed by atoms with van der Waals surface area (Å²) in [6, 6.07) is 7.08. The van der Waals surface area contributed by atoms with Crippen LogP contribution in [0.15, 0.2) is 29.1 Å². The molecule has 0 atom stereocenters. The standard InChI is InChI=1S/C16H20N2O3/c1-4-15-17-12(10-16(19)18-15)11-7-8-13(20-5-2)14(9-11)21-6-3/h7-10H,4-6H2,1-3H3,(H,17,18,19). The van der Waals surface area contributed by atoms with Crippen molar-refractivity contribution in [1.29, 1.82) is 0 Å². The summed E-state index contributed by atoms with van der Waals surface area (Å²) in [5.41, 5.74) is 1.32. The van der Waals surface area contributed by atoms with Gasteiger partial charge in [0.1, 0.15) is 5.82 Å². The van der Waals surface area contributed by atoms with Gasteiger partial charge in [-0.1, -0.05) is 6.92 Å². The second-order valence-corrected chi connectivity index (χ2v) is 4.46. The molecule has 112 valence electrons. The second kappa shape index (κ2) is 6.92. The Kier molecular flexibility index (Phi) is 4.98. The van der Waals surface area contributed by atoms with Gasteiger partial charge in [-0.15, -0.1) is 0 Å². The van der Waals surface area contributed by atoms with Gasteiger partial charge in [-0.25, -0.2) is 4.98 Å². The quantitative estimate of drug-likeness (QED) is 0.887. The molecule has 2 rings (SSSR count). The minimum absolute atomic E-state index is 0.149. The highest BCUT2D eigenvalue weighted by molar-refractivity contribution is 5.63. The minimum atomic E-state index is -0.149. The number of benzene rings is 1. The molecule has 1 heterocycles. The van der Waals surface area contributed by atoms with Crippen molar-refractivity contribution in [2.75, 3.05) is 13.2 Å².